The predicted molar refractivity (Wildman–Crippen MR) is 68.1 cm³/mol. The fourth-order valence-corrected chi connectivity index (χ4v) is 2.39. The highest BCUT2D eigenvalue weighted by molar-refractivity contribution is 7.99. The monoisotopic (exact) mass is 267 g/mol. The SMILES string of the molecule is CCn1c(SCC(=O)O)nc2ccc(OC)nc21. The van der Waals surface area contributed by atoms with Crippen LogP contribution in [0.5, 0.6) is 5.88 Å². The molecule has 0 unspecified atom stereocenters. The molecule has 0 radical (unpaired) electrons. The van der Waals surface area contributed by atoms with E-state index in [0.717, 1.165) is 5.52 Å². The van der Waals surface area contributed by atoms with Gasteiger partial charge >= 0.3 is 5.97 Å². The molecule has 0 aliphatic heterocycles. The van der Waals surface area contributed by atoms with Gasteiger partial charge in [-0.1, -0.05) is 11.8 Å². The molecule has 0 saturated heterocycles. The first-order chi connectivity index (χ1) is 8.65. The molecule has 2 aromatic heterocycles. The van der Waals surface area contributed by atoms with E-state index in [0.29, 0.717) is 23.2 Å². The van der Waals surface area contributed by atoms with Crippen LogP contribution >= 0.6 is 11.8 Å². The van der Waals surface area contributed by atoms with Gasteiger partial charge in [-0.2, -0.15) is 4.98 Å². The van der Waals surface area contributed by atoms with Crippen molar-refractivity contribution in [3.63, 3.8) is 0 Å². The van der Waals surface area contributed by atoms with Gasteiger partial charge in [-0.3, -0.25) is 4.79 Å². The first kappa shape index (κ1) is 12.7. The average molecular weight is 267 g/mol. The van der Waals surface area contributed by atoms with Crippen molar-refractivity contribution in [2.24, 2.45) is 0 Å². The van der Waals surface area contributed by atoms with Gasteiger partial charge < -0.3 is 14.4 Å². The van der Waals surface area contributed by atoms with Gasteiger partial charge in [0.25, 0.3) is 0 Å². The fraction of sp³-hybridized carbons (Fsp3) is 0.364. The Hall–Kier alpha value is -1.76. The van der Waals surface area contributed by atoms with Gasteiger partial charge in [0.15, 0.2) is 10.8 Å². The summed E-state index contributed by atoms with van der Waals surface area (Å²) in [7, 11) is 1.56. The maximum Gasteiger partial charge on any atom is 0.313 e. The molecule has 2 heterocycles. The molecule has 2 rings (SSSR count). The molecule has 1 N–H and O–H groups in total. The Morgan fingerprint density at radius 1 is 1.50 bits per heavy atom. The summed E-state index contributed by atoms with van der Waals surface area (Å²) in [5, 5.41) is 9.36. The fourth-order valence-electron chi connectivity index (χ4n) is 1.60. The van der Waals surface area contributed by atoms with Crippen LogP contribution < -0.4 is 4.74 Å². The third kappa shape index (κ3) is 2.40. The van der Waals surface area contributed by atoms with Crippen LogP contribution in [0.3, 0.4) is 0 Å². The van der Waals surface area contributed by atoms with Gasteiger partial charge in [-0.15, -0.1) is 0 Å². The maximum absolute atomic E-state index is 10.6. The van der Waals surface area contributed by atoms with E-state index in [1.165, 1.54) is 11.8 Å². The van der Waals surface area contributed by atoms with E-state index in [1.807, 2.05) is 17.6 Å². The van der Waals surface area contributed by atoms with E-state index >= 15 is 0 Å². The van der Waals surface area contributed by atoms with Gasteiger partial charge in [0, 0.05) is 12.6 Å². The second-order valence-electron chi connectivity index (χ2n) is 3.52. The summed E-state index contributed by atoms with van der Waals surface area (Å²) < 4.78 is 6.96. The molecule has 0 bridgehead atoms. The predicted octanol–water partition coefficient (Wildman–Crippen LogP) is 1.64. The molecule has 96 valence electrons. The van der Waals surface area contributed by atoms with Crippen LogP contribution in [0.15, 0.2) is 17.3 Å². The van der Waals surface area contributed by atoms with Crippen LogP contribution in [-0.4, -0.2) is 38.5 Å². The number of thioether (sulfide) groups is 1. The van der Waals surface area contributed by atoms with E-state index in [4.69, 9.17) is 9.84 Å². The highest BCUT2D eigenvalue weighted by Gasteiger charge is 2.13. The van der Waals surface area contributed by atoms with Crippen molar-refractivity contribution in [2.45, 2.75) is 18.6 Å². The standard InChI is InChI=1S/C11H13N3O3S/c1-3-14-10-7(4-5-8(13-10)17-2)12-11(14)18-6-9(15)16/h4-5H,3,6H2,1-2H3,(H,15,16). The zero-order chi connectivity index (χ0) is 13.1. The number of imidazole rings is 1. The normalized spacial score (nSPS) is 10.8. The van der Waals surface area contributed by atoms with Gasteiger partial charge in [0.05, 0.1) is 12.9 Å². The van der Waals surface area contributed by atoms with Crippen LogP contribution in [0, 0.1) is 0 Å². The quantitative estimate of drug-likeness (QED) is 0.830. The number of hydrogen-bond acceptors (Lipinski definition) is 5. The Morgan fingerprint density at radius 2 is 2.28 bits per heavy atom. The van der Waals surface area contributed by atoms with Crippen molar-refractivity contribution >= 4 is 28.9 Å². The third-order valence-electron chi connectivity index (χ3n) is 2.38. The van der Waals surface area contributed by atoms with E-state index in [2.05, 4.69) is 9.97 Å². The molecule has 0 fully saturated rings. The Labute approximate surface area is 108 Å². The summed E-state index contributed by atoms with van der Waals surface area (Å²) in [4.78, 5) is 19.3. The second kappa shape index (κ2) is 5.26. The van der Waals surface area contributed by atoms with Crippen molar-refractivity contribution in [3.05, 3.63) is 12.1 Å². The van der Waals surface area contributed by atoms with Crippen molar-refractivity contribution in [2.75, 3.05) is 12.9 Å². The van der Waals surface area contributed by atoms with Crippen LogP contribution in [0.2, 0.25) is 0 Å². The number of aryl methyl sites for hydroxylation is 1. The number of hydrogen-bond donors (Lipinski definition) is 1. The topological polar surface area (TPSA) is 77.2 Å². The number of carboxylic acid groups (broad SMARTS) is 1. The number of nitrogens with zero attached hydrogens (tertiary/aromatic N) is 3. The molecular formula is C11H13N3O3S. The molecular weight excluding hydrogens is 254 g/mol. The number of carboxylic acids is 1. The first-order valence-corrected chi connectivity index (χ1v) is 6.40. The van der Waals surface area contributed by atoms with Crippen LogP contribution in [0.1, 0.15) is 6.92 Å². The number of pyridine rings is 1. The molecule has 7 heteroatoms. The smallest absolute Gasteiger partial charge is 0.313 e. The average Bonchev–Trinajstić information content (AvgIpc) is 2.72. The highest BCUT2D eigenvalue weighted by Crippen LogP contribution is 2.24. The van der Waals surface area contributed by atoms with Crippen molar-refractivity contribution in [1.29, 1.82) is 0 Å². The zero-order valence-corrected chi connectivity index (χ0v) is 10.9. The number of fused-ring (bicyclic) bond motifs is 1. The van der Waals surface area contributed by atoms with Gasteiger partial charge in [0.2, 0.25) is 5.88 Å². The molecule has 0 aliphatic rings. The Kier molecular flexibility index (Phi) is 3.71. The molecule has 18 heavy (non-hydrogen) atoms. The van der Waals surface area contributed by atoms with Crippen LogP contribution in [0.25, 0.3) is 11.2 Å². The minimum absolute atomic E-state index is 0.0134. The maximum atomic E-state index is 10.6. The Bertz CT molecular complexity index is 582. The lowest BCUT2D eigenvalue weighted by molar-refractivity contribution is -0.133. The lowest BCUT2D eigenvalue weighted by atomic mass is 10.4. The molecule has 0 atom stereocenters. The van der Waals surface area contributed by atoms with Crippen LogP contribution in [-0.2, 0) is 11.3 Å². The minimum atomic E-state index is -0.861. The van der Waals surface area contributed by atoms with Crippen molar-refractivity contribution in [1.82, 2.24) is 14.5 Å². The van der Waals surface area contributed by atoms with Crippen molar-refractivity contribution < 1.29 is 14.6 Å². The molecule has 0 amide bonds. The molecule has 0 aliphatic carbocycles. The second-order valence-corrected chi connectivity index (χ2v) is 4.46. The van der Waals surface area contributed by atoms with Crippen molar-refractivity contribution in [3.8, 4) is 5.88 Å². The summed E-state index contributed by atoms with van der Waals surface area (Å²) in [5.74, 6) is -0.354. The summed E-state index contributed by atoms with van der Waals surface area (Å²) in [5.41, 5.74) is 1.45. The number of ether oxygens (including phenoxy) is 1. The van der Waals surface area contributed by atoms with E-state index in [1.54, 1.807) is 13.2 Å². The van der Waals surface area contributed by atoms with Crippen LogP contribution in [0.4, 0.5) is 0 Å². The van der Waals surface area contributed by atoms with E-state index in [-0.39, 0.29) is 5.75 Å². The Balaban J connectivity index is 2.44. The lowest BCUT2D eigenvalue weighted by Gasteiger charge is -2.04. The number of carbonyl (C=O) groups is 1. The van der Waals surface area contributed by atoms with E-state index in [9.17, 15) is 4.79 Å². The third-order valence-corrected chi connectivity index (χ3v) is 3.34. The molecule has 6 nitrogen and oxygen atoms in total. The summed E-state index contributed by atoms with van der Waals surface area (Å²) >= 11 is 1.19. The molecule has 0 saturated carbocycles. The highest BCUT2D eigenvalue weighted by atomic mass is 32.2. The summed E-state index contributed by atoms with van der Waals surface area (Å²) in [6.45, 7) is 2.64. The first-order valence-electron chi connectivity index (χ1n) is 5.41. The number of aromatic nitrogens is 3. The van der Waals surface area contributed by atoms with Gasteiger partial charge in [-0.05, 0) is 13.0 Å². The zero-order valence-electron chi connectivity index (χ0n) is 10.1. The number of rotatable bonds is 5. The molecule has 0 aromatic carbocycles. The van der Waals surface area contributed by atoms with E-state index < -0.39 is 5.97 Å². The van der Waals surface area contributed by atoms with Gasteiger partial charge in [-0.25, -0.2) is 4.98 Å². The largest absolute Gasteiger partial charge is 0.481 e. The summed E-state index contributed by atoms with van der Waals surface area (Å²) in [6, 6.07) is 3.55. The van der Waals surface area contributed by atoms with Gasteiger partial charge in [0.1, 0.15) is 5.52 Å². The Morgan fingerprint density at radius 3 is 2.89 bits per heavy atom. The number of methoxy groups -OCH3 is 1. The number of aliphatic carboxylic acids is 1. The summed E-state index contributed by atoms with van der Waals surface area (Å²) in [6.07, 6.45) is 0. The lowest BCUT2D eigenvalue weighted by Crippen LogP contribution is -2.02. The molecule has 2 aromatic rings. The molecule has 0 spiro atoms. The minimum Gasteiger partial charge on any atom is -0.481 e.